The minimum absolute atomic E-state index is 0.721. The molecule has 1 fully saturated rings. The molecule has 2 aliphatic rings. The highest BCUT2D eigenvalue weighted by Crippen LogP contribution is 2.30. The van der Waals surface area contributed by atoms with Crippen molar-refractivity contribution in [2.75, 3.05) is 13.2 Å². The summed E-state index contributed by atoms with van der Waals surface area (Å²) in [5, 5.41) is 0.721. The van der Waals surface area contributed by atoms with Gasteiger partial charge < -0.3 is 4.74 Å². The maximum atomic E-state index is 5.99. The molecule has 1 aliphatic carbocycles. The number of pyridine rings is 1. The molecule has 1 aromatic carbocycles. The first kappa shape index (κ1) is 18.5. The van der Waals surface area contributed by atoms with E-state index >= 15 is 0 Å². The van der Waals surface area contributed by atoms with Crippen molar-refractivity contribution < 1.29 is 4.74 Å². The van der Waals surface area contributed by atoms with Crippen molar-refractivity contribution in [1.29, 1.82) is 0 Å². The lowest BCUT2D eigenvalue weighted by Gasteiger charge is -2.28. The van der Waals surface area contributed by atoms with Gasteiger partial charge in [-0.2, -0.15) is 0 Å². The molecule has 0 amide bonds. The molecule has 0 atom stereocenters. The Morgan fingerprint density at radius 1 is 1.10 bits per heavy atom. The van der Waals surface area contributed by atoms with Crippen LogP contribution in [0.1, 0.15) is 29.7 Å². The van der Waals surface area contributed by atoms with Crippen LogP contribution in [0.3, 0.4) is 0 Å². The smallest absolute Gasteiger partial charge is 0.217 e. The van der Waals surface area contributed by atoms with Crippen molar-refractivity contribution in [3.63, 3.8) is 0 Å². The molecular weight excluding hydrogens is 384 g/mol. The van der Waals surface area contributed by atoms with Crippen LogP contribution in [0.5, 0.6) is 5.88 Å². The fourth-order valence-electron chi connectivity index (χ4n) is 3.64. The Morgan fingerprint density at radius 3 is 2.79 bits per heavy atom. The maximum absolute atomic E-state index is 5.99. The van der Waals surface area contributed by atoms with Crippen LogP contribution >= 0.6 is 11.6 Å². The van der Waals surface area contributed by atoms with Gasteiger partial charge in [0.05, 0.1) is 12.3 Å². The van der Waals surface area contributed by atoms with Crippen molar-refractivity contribution in [2.24, 2.45) is 5.92 Å². The Hall–Kier alpha value is -2.50. The second-order valence-corrected chi connectivity index (χ2v) is 8.29. The Balaban J connectivity index is 1.28. The number of nitrogens with zero attached hydrogens (tertiary/aromatic N) is 4. The van der Waals surface area contributed by atoms with E-state index in [0.29, 0.717) is 0 Å². The summed E-state index contributed by atoms with van der Waals surface area (Å²) in [6, 6.07) is 11.8. The molecule has 0 unspecified atom stereocenters. The van der Waals surface area contributed by atoms with Crippen LogP contribution in [-0.4, -0.2) is 33.0 Å². The molecule has 0 bridgehead atoms. The number of ether oxygens (including phenoxy) is 1. The first-order valence-corrected chi connectivity index (χ1v) is 10.5. The monoisotopic (exact) mass is 406 g/mol. The molecule has 0 spiro atoms. The average molecular weight is 407 g/mol. The zero-order chi connectivity index (χ0) is 19.6. The summed E-state index contributed by atoms with van der Waals surface area (Å²) in [5.74, 6) is 2.26. The zero-order valence-electron chi connectivity index (χ0n) is 16.2. The second-order valence-electron chi connectivity index (χ2n) is 7.86. The Kier molecular flexibility index (Phi) is 5.17. The number of rotatable bonds is 6. The van der Waals surface area contributed by atoms with Gasteiger partial charge in [0.15, 0.2) is 5.82 Å². The molecule has 5 nitrogen and oxygen atoms in total. The molecule has 0 radical (unpaired) electrons. The van der Waals surface area contributed by atoms with Gasteiger partial charge >= 0.3 is 0 Å². The SMILES string of the molecule is Clc1ccc(-c2ncc3c(n2)CCN(Cc2cccnc2OCC2CC2)C3)cc1. The number of fused-ring (bicyclic) bond motifs is 1. The second kappa shape index (κ2) is 8.09. The highest BCUT2D eigenvalue weighted by molar-refractivity contribution is 6.30. The van der Waals surface area contributed by atoms with Gasteiger partial charge in [-0.1, -0.05) is 17.7 Å². The normalized spacial score (nSPS) is 16.4. The number of aromatic nitrogens is 3. The summed E-state index contributed by atoms with van der Waals surface area (Å²) in [4.78, 5) is 16.3. The van der Waals surface area contributed by atoms with Gasteiger partial charge in [-0.05, 0) is 49.1 Å². The molecule has 3 heterocycles. The zero-order valence-corrected chi connectivity index (χ0v) is 17.0. The first-order valence-electron chi connectivity index (χ1n) is 10.1. The largest absolute Gasteiger partial charge is 0.477 e. The van der Waals surface area contributed by atoms with Crippen LogP contribution in [0.25, 0.3) is 11.4 Å². The molecule has 29 heavy (non-hydrogen) atoms. The predicted molar refractivity (Wildman–Crippen MR) is 113 cm³/mol. The molecule has 2 aromatic heterocycles. The summed E-state index contributed by atoms with van der Waals surface area (Å²) in [5.41, 5.74) is 4.47. The Morgan fingerprint density at radius 2 is 1.97 bits per heavy atom. The summed E-state index contributed by atoms with van der Waals surface area (Å²) in [6.45, 7) is 3.41. The van der Waals surface area contributed by atoms with E-state index in [4.69, 9.17) is 21.3 Å². The van der Waals surface area contributed by atoms with Crippen molar-refractivity contribution in [3.8, 4) is 17.3 Å². The van der Waals surface area contributed by atoms with Crippen LogP contribution < -0.4 is 4.74 Å². The molecule has 1 aliphatic heterocycles. The van der Waals surface area contributed by atoms with E-state index in [9.17, 15) is 0 Å². The lowest BCUT2D eigenvalue weighted by molar-refractivity contribution is 0.231. The molecule has 5 rings (SSSR count). The van der Waals surface area contributed by atoms with Gasteiger partial charge in [-0.25, -0.2) is 15.0 Å². The van der Waals surface area contributed by atoms with Crippen molar-refractivity contribution in [1.82, 2.24) is 19.9 Å². The molecular formula is C23H23ClN4O. The number of halogens is 1. The first-order chi connectivity index (χ1) is 14.2. The Bertz CT molecular complexity index is 1000. The molecule has 148 valence electrons. The Labute approximate surface area is 175 Å². The summed E-state index contributed by atoms with van der Waals surface area (Å²) in [6.07, 6.45) is 7.25. The van der Waals surface area contributed by atoms with Crippen molar-refractivity contribution in [3.05, 3.63) is 70.6 Å². The lowest BCUT2D eigenvalue weighted by atomic mass is 10.1. The van der Waals surface area contributed by atoms with Crippen LogP contribution in [-0.2, 0) is 19.5 Å². The lowest BCUT2D eigenvalue weighted by Crippen LogP contribution is -2.31. The van der Waals surface area contributed by atoms with Crippen LogP contribution in [0, 0.1) is 5.92 Å². The quantitative estimate of drug-likeness (QED) is 0.601. The molecule has 0 saturated heterocycles. The molecule has 6 heteroatoms. The summed E-state index contributed by atoms with van der Waals surface area (Å²) in [7, 11) is 0. The van der Waals surface area contributed by atoms with E-state index in [1.54, 1.807) is 0 Å². The minimum atomic E-state index is 0.721. The van der Waals surface area contributed by atoms with Gasteiger partial charge in [-0.15, -0.1) is 0 Å². The van der Waals surface area contributed by atoms with E-state index in [0.717, 1.165) is 72.1 Å². The standard InChI is InChI=1S/C23H23ClN4O/c24-20-7-5-17(6-8-20)22-26-12-19-14-28(11-9-21(19)27-22)13-18-2-1-10-25-23(18)29-15-16-3-4-16/h1-2,5-8,10,12,16H,3-4,9,11,13-15H2. The van der Waals surface area contributed by atoms with Gasteiger partial charge in [0.1, 0.15) is 0 Å². The fraction of sp³-hybridized carbons (Fsp3) is 0.348. The van der Waals surface area contributed by atoms with E-state index in [2.05, 4.69) is 20.9 Å². The third kappa shape index (κ3) is 4.41. The van der Waals surface area contributed by atoms with Crippen molar-refractivity contribution in [2.45, 2.75) is 32.4 Å². The fourth-order valence-corrected chi connectivity index (χ4v) is 3.77. The maximum Gasteiger partial charge on any atom is 0.217 e. The van der Waals surface area contributed by atoms with Gasteiger partial charge in [0, 0.05) is 60.2 Å². The van der Waals surface area contributed by atoms with Crippen molar-refractivity contribution >= 4 is 11.6 Å². The topological polar surface area (TPSA) is 51.1 Å². The van der Waals surface area contributed by atoms with Crippen LogP contribution in [0.15, 0.2) is 48.8 Å². The number of hydrogen-bond acceptors (Lipinski definition) is 5. The van der Waals surface area contributed by atoms with E-state index in [1.807, 2.05) is 42.7 Å². The van der Waals surface area contributed by atoms with E-state index < -0.39 is 0 Å². The molecule has 0 N–H and O–H groups in total. The van der Waals surface area contributed by atoms with Crippen LogP contribution in [0.4, 0.5) is 0 Å². The van der Waals surface area contributed by atoms with Gasteiger partial charge in [0.2, 0.25) is 5.88 Å². The highest BCUT2D eigenvalue weighted by atomic mass is 35.5. The third-order valence-corrected chi connectivity index (χ3v) is 5.76. The minimum Gasteiger partial charge on any atom is -0.477 e. The summed E-state index contributed by atoms with van der Waals surface area (Å²) >= 11 is 5.99. The van der Waals surface area contributed by atoms with Gasteiger partial charge in [0.25, 0.3) is 0 Å². The van der Waals surface area contributed by atoms with Gasteiger partial charge in [-0.3, -0.25) is 4.90 Å². The number of benzene rings is 1. The number of hydrogen-bond donors (Lipinski definition) is 0. The van der Waals surface area contributed by atoms with E-state index in [-0.39, 0.29) is 0 Å². The highest BCUT2D eigenvalue weighted by Gasteiger charge is 2.24. The molecule has 1 saturated carbocycles. The third-order valence-electron chi connectivity index (χ3n) is 5.51. The summed E-state index contributed by atoms with van der Waals surface area (Å²) < 4.78 is 5.97. The predicted octanol–water partition coefficient (Wildman–Crippen LogP) is 4.54. The van der Waals surface area contributed by atoms with E-state index in [1.165, 1.54) is 18.4 Å². The molecule has 3 aromatic rings. The average Bonchev–Trinajstić information content (AvgIpc) is 3.58. The van der Waals surface area contributed by atoms with Crippen LogP contribution in [0.2, 0.25) is 5.02 Å².